The molecule has 1 atom stereocenters. The molecule has 1 aromatic carbocycles. The lowest BCUT2D eigenvalue weighted by molar-refractivity contribution is -0.115. The Kier molecular flexibility index (Phi) is 5.34. The van der Waals surface area contributed by atoms with E-state index in [-0.39, 0.29) is 11.5 Å². The second-order valence-electron chi connectivity index (χ2n) is 7.58. The van der Waals surface area contributed by atoms with E-state index in [1.165, 1.54) is 5.56 Å². The Hall–Kier alpha value is -2.80. The Morgan fingerprint density at radius 1 is 1.25 bits per heavy atom. The summed E-state index contributed by atoms with van der Waals surface area (Å²) in [4.78, 5) is 29.0. The van der Waals surface area contributed by atoms with Crippen LogP contribution in [0.15, 0.2) is 47.9 Å². The molecule has 2 aliphatic rings. The van der Waals surface area contributed by atoms with Crippen LogP contribution in [0.3, 0.4) is 0 Å². The van der Waals surface area contributed by atoms with Crippen LogP contribution in [0.25, 0.3) is 0 Å². The quantitative estimate of drug-likeness (QED) is 0.829. The average molecular weight is 379 g/mol. The highest BCUT2D eigenvalue weighted by Gasteiger charge is 2.46. The van der Waals surface area contributed by atoms with Crippen LogP contribution < -0.4 is 5.32 Å². The molecule has 0 bridgehead atoms. The number of amides is 1. The van der Waals surface area contributed by atoms with Crippen LogP contribution in [0.2, 0.25) is 0 Å². The van der Waals surface area contributed by atoms with E-state index in [1.54, 1.807) is 12.4 Å². The maximum absolute atomic E-state index is 12.4. The summed E-state index contributed by atoms with van der Waals surface area (Å²) >= 11 is 0. The van der Waals surface area contributed by atoms with E-state index in [4.69, 9.17) is 4.84 Å². The molecule has 7 heteroatoms. The molecule has 1 aromatic heterocycles. The molecule has 1 fully saturated rings. The fourth-order valence-corrected chi connectivity index (χ4v) is 3.70. The summed E-state index contributed by atoms with van der Waals surface area (Å²) in [6, 6.07) is 10.5. The number of hydrogen-bond donors (Lipinski definition) is 1. The van der Waals surface area contributed by atoms with E-state index in [0.717, 1.165) is 43.9 Å². The van der Waals surface area contributed by atoms with Crippen LogP contribution in [0.4, 0.5) is 0 Å². The van der Waals surface area contributed by atoms with Gasteiger partial charge in [0.05, 0.1) is 24.1 Å². The molecular formula is C21H25N5O2. The van der Waals surface area contributed by atoms with Crippen molar-refractivity contribution in [2.75, 3.05) is 19.6 Å². The number of rotatable bonds is 6. The third-order valence-electron chi connectivity index (χ3n) is 5.32. The van der Waals surface area contributed by atoms with Crippen LogP contribution >= 0.6 is 0 Å². The lowest BCUT2D eigenvalue weighted by Crippen LogP contribution is -2.37. The monoisotopic (exact) mass is 379 g/mol. The third-order valence-corrected chi connectivity index (χ3v) is 5.32. The first-order valence-corrected chi connectivity index (χ1v) is 9.69. The fraction of sp³-hybridized carbons (Fsp3) is 0.429. The first-order chi connectivity index (χ1) is 13.6. The van der Waals surface area contributed by atoms with Gasteiger partial charge < -0.3 is 10.2 Å². The van der Waals surface area contributed by atoms with Crippen molar-refractivity contribution >= 4 is 11.6 Å². The van der Waals surface area contributed by atoms with Gasteiger partial charge >= 0.3 is 0 Å². The molecular weight excluding hydrogens is 354 g/mol. The summed E-state index contributed by atoms with van der Waals surface area (Å²) < 4.78 is 0. The highest BCUT2D eigenvalue weighted by atomic mass is 16.7. The van der Waals surface area contributed by atoms with Gasteiger partial charge in [0.25, 0.3) is 5.91 Å². The van der Waals surface area contributed by atoms with Gasteiger partial charge in [0.2, 0.25) is 0 Å². The second kappa shape index (κ2) is 8.06. The van der Waals surface area contributed by atoms with Crippen molar-refractivity contribution in [2.45, 2.75) is 38.3 Å². The lowest BCUT2D eigenvalue weighted by atomic mass is 9.96. The summed E-state index contributed by atoms with van der Waals surface area (Å²) in [5.74, 6) is -0.193. The van der Waals surface area contributed by atoms with Gasteiger partial charge in [-0.2, -0.15) is 0 Å². The maximum atomic E-state index is 12.4. The predicted octanol–water partition coefficient (Wildman–Crippen LogP) is 1.86. The number of nitrogens with one attached hydrogen (secondary N) is 1. The summed E-state index contributed by atoms with van der Waals surface area (Å²) in [5, 5.41) is 6.95. The van der Waals surface area contributed by atoms with Crippen LogP contribution in [0, 0.1) is 6.92 Å². The molecule has 0 aliphatic carbocycles. The summed E-state index contributed by atoms with van der Waals surface area (Å²) in [6.07, 6.45) is 5.83. The normalized spacial score (nSPS) is 21.5. The van der Waals surface area contributed by atoms with Crippen LogP contribution in [-0.2, 0) is 22.6 Å². The highest BCUT2D eigenvalue weighted by molar-refractivity contribution is 6.39. The fourth-order valence-electron chi connectivity index (χ4n) is 3.70. The molecule has 0 radical (unpaired) electrons. The predicted molar refractivity (Wildman–Crippen MR) is 106 cm³/mol. The number of hydrogen-bond acceptors (Lipinski definition) is 6. The Balaban J connectivity index is 1.25. The van der Waals surface area contributed by atoms with Gasteiger partial charge in [0.1, 0.15) is 5.71 Å². The first-order valence-electron chi connectivity index (χ1n) is 9.69. The van der Waals surface area contributed by atoms with Crippen molar-refractivity contribution < 1.29 is 9.63 Å². The van der Waals surface area contributed by atoms with Crippen molar-refractivity contribution in [2.24, 2.45) is 5.16 Å². The Morgan fingerprint density at radius 3 is 2.89 bits per heavy atom. The molecule has 4 rings (SSSR count). The van der Waals surface area contributed by atoms with E-state index in [2.05, 4.69) is 49.6 Å². The number of nitrogens with zero attached hydrogens (tertiary/aromatic N) is 4. The molecule has 28 heavy (non-hydrogen) atoms. The molecule has 0 saturated carbocycles. The van der Waals surface area contributed by atoms with Gasteiger partial charge in [-0.25, -0.2) is 0 Å². The molecule has 1 unspecified atom stereocenters. The van der Waals surface area contributed by atoms with Gasteiger partial charge in [-0.15, -0.1) is 0 Å². The van der Waals surface area contributed by atoms with E-state index in [0.29, 0.717) is 18.7 Å². The molecule has 1 spiro atoms. The minimum absolute atomic E-state index is 0.193. The van der Waals surface area contributed by atoms with Crippen molar-refractivity contribution in [1.82, 2.24) is 20.2 Å². The van der Waals surface area contributed by atoms with Crippen molar-refractivity contribution in [3.05, 3.63) is 59.7 Å². The molecule has 146 valence electrons. The summed E-state index contributed by atoms with van der Waals surface area (Å²) in [5.41, 5.74) is 3.02. The van der Waals surface area contributed by atoms with Gasteiger partial charge in [-0.3, -0.25) is 19.7 Å². The summed E-state index contributed by atoms with van der Waals surface area (Å²) in [6.45, 7) is 4.98. The van der Waals surface area contributed by atoms with E-state index >= 15 is 0 Å². The number of carbonyl (C=O) groups excluding carboxylic acids is 1. The topological polar surface area (TPSA) is 79.7 Å². The molecule has 1 amide bonds. The third kappa shape index (κ3) is 4.36. The lowest BCUT2D eigenvalue weighted by Gasteiger charge is -2.21. The van der Waals surface area contributed by atoms with Gasteiger partial charge in [0, 0.05) is 38.7 Å². The van der Waals surface area contributed by atoms with Gasteiger partial charge in [-0.05, 0) is 18.9 Å². The average Bonchev–Trinajstić information content (AvgIpc) is 3.33. The Bertz CT molecular complexity index is 853. The molecule has 1 saturated heterocycles. The van der Waals surface area contributed by atoms with Crippen molar-refractivity contribution in [3.63, 3.8) is 0 Å². The van der Waals surface area contributed by atoms with Crippen molar-refractivity contribution in [1.29, 1.82) is 0 Å². The molecule has 1 N–H and O–H groups in total. The number of aryl methyl sites for hydroxylation is 1. The molecule has 3 heterocycles. The van der Waals surface area contributed by atoms with Gasteiger partial charge in [0.15, 0.2) is 5.60 Å². The smallest absolute Gasteiger partial charge is 0.269 e. The Labute approximate surface area is 164 Å². The minimum Gasteiger partial charge on any atom is -0.387 e. The van der Waals surface area contributed by atoms with E-state index in [9.17, 15) is 4.79 Å². The maximum Gasteiger partial charge on any atom is 0.269 e. The first kappa shape index (κ1) is 18.6. The number of likely N-dealkylation sites (tertiary alicyclic amines) is 1. The Morgan fingerprint density at radius 2 is 2.11 bits per heavy atom. The standard InChI is InChI=1S/C21H25N5O2/c1-16-12-23-18(13-22-16)14-24-20(27)19-11-21(28-25-19)8-10-26(15-21)9-7-17-5-3-2-4-6-17/h2-6,12-13H,7-11,14-15H2,1H3,(H,24,27). The van der Waals surface area contributed by atoms with Gasteiger partial charge in [-0.1, -0.05) is 35.5 Å². The van der Waals surface area contributed by atoms with E-state index in [1.807, 2.05) is 13.0 Å². The zero-order valence-corrected chi connectivity index (χ0v) is 16.1. The largest absolute Gasteiger partial charge is 0.387 e. The molecule has 7 nitrogen and oxygen atoms in total. The van der Waals surface area contributed by atoms with E-state index < -0.39 is 0 Å². The number of aromatic nitrogens is 2. The highest BCUT2D eigenvalue weighted by Crippen LogP contribution is 2.33. The zero-order valence-electron chi connectivity index (χ0n) is 16.1. The number of carbonyl (C=O) groups is 1. The second-order valence-corrected chi connectivity index (χ2v) is 7.58. The SMILES string of the molecule is Cc1cnc(CNC(=O)C2=NOC3(CCN(CCc4ccccc4)C3)C2)cn1. The minimum atomic E-state index is -0.354. The molecule has 2 aromatic rings. The van der Waals surface area contributed by atoms with Crippen LogP contribution in [0.5, 0.6) is 0 Å². The summed E-state index contributed by atoms with van der Waals surface area (Å²) in [7, 11) is 0. The molecule has 2 aliphatic heterocycles. The van der Waals surface area contributed by atoms with Crippen LogP contribution in [-0.4, -0.2) is 51.7 Å². The van der Waals surface area contributed by atoms with Crippen LogP contribution in [0.1, 0.15) is 29.8 Å². The van der Waals surface area contributed by atoms with Crippen molar-refractivity contribution in [3.8, 4) is 0 Å². The number of oxime groups is 1. The zero-order chi connectivity index (χ0) is 19.4. The number of benzene rings is 1.